The molecule has 27 heavy (non-hydrogen) atoms. The van der Waals surface area contributed by atoms with Crippen molar-refractivity contribution in [3.63, 3.8) is 0 Å². The molecule has 0 aliphatic carbocycles. The topological polar surface area (TPSA) is 91.2 Å². The Labute approximate surface area is 153 Å². The van der Waals surface area contributed by atoms with Crippen molar-refractivity contribution in [1.82, 2.24) is 4.98 Å². The van der Waals surface area contributed by atoms with E-state index in [1.807, 2.05) is 6.92 Å². The minimum atomic E-state index is -4.49. The first-order chi connectivity index (χ1) is 12.7. The van der Waals surface area contributed by atoms with E-state index in [-0.39, 0.29) is 23.7 Å². The molecule has 9 heteroatoms. The number of hydrogen-bond acceptors (Lipinski definition) is 4. The van der Waals surface area contributed by atoms with Gasteiger partial charge in [-0.3, -0.25) is 4.79 Å². The van der Waals surface area contributed by atoms with E-state index in [2.05, 4.69) is 10.7 Å². The Kier molecular flexibility index (Phi) is 6.37. The number of carbonyl (C=O) groups is 1. The molecule has 1 aromatic carbocycles. The summed E-state index contributed by atoms with van der Waals surface area (Å²) in [4.78, 5) is 12.8. The van der Waals surface area contributed by atoms with Crippen LogP contribution in [0.3, 0.4) is 0 Å². The molecule has 0 bridgehead atoms. The van der Waals surface area contributed by atoms with E-state index in [0.29, 0.717) is 23.5 Å². The van der Waals surface area contributed by atoms with Gasteiger partial charge < -0.3 is 16.2 Å². The summed E-state index contributed by atoms with van der Waals surface area (Å²) in [6.45, 7) is 1.65. The van der Waals surface area contributed by atoms with Gasteiger partial charge in [0.1, 0.15) is 23.2 Å². The summed E-state index contributed by atoms with van der Waals surface area (Å²) < 4.78 is 58.5. The zero-order chi connectivity index (χ0) is 20.2. The van der Waals surface area contributed by atoms with Crippen molar-refractivity contribution in [1.29, 1.82) is 0 Å². The third-order valence-corrected chi connectivity index (χ3v) is 4.14. The number of halogens is 4. The van der Waals surface area contributed by atoms with E-state index in [1.165, 1.54) is 30.3 Å². The number of pyridine rings is 1. The maximum absolute atomic E-state index is 13.2. The number of amides is 1. The number of fused-ring (bicyclic) bond motifs is 1. The lowest BCUT2D eigenvalue weighted by Gasteiger charge is -2.20. The normalized spacial score (nSPS) is 16.6. The largest absolute Gasteiger partial charge is 0.490 e. The van der Waals surface area contributed by atoms with Crippen molar-refractivity contribution in [3.05, 3.63) is 47.4 Å². The highest BCUT2D eigenvalue weighted by molar-refractivity contribution is 5.70. The molecule has 5 nitrogen and oxygen atoms in total. The number of hydrogen-bond donors (Lipinski definition) is 2. The molecule has 0 saturated heterocycles. The monoisotopic (exact) mass is 385 g/mol. The van der Waals surface area contributed by atoms with Crippen molar-refractivity contribution in [2.45, 2.75) is 24.9 Å². The molecular formula is C18H19F4N3O2. The maximum Gasteiger partial charge on any atom is 0.398 e. The average molecular weight is 385 g/mol. The van der Waals surface area contributed by atoms with Gasteiger partial charge in [-0.1, -0.05) is 6.92 Å². The minimum Gasteiger partial charge on any atom is -0.490 e. The molecule has 0 radical (unpaired) electrons. The number of carbonyl (C=O) groups excluding carboxylic acids is 1. The summed E-state index contributed by atoms with van der Waals surface area (Å²) in [5.41, 5.74) is 10.8. The molecule has 2 unspecified atom stereocenters. The van der Waals surface area contributed by atoms with E-state index in [1.54, 1.807) is 0 Å². The van der Waals surface area contributed by atoms with Gasteiger partial charge in [-0.25, -0.2) is 9.37 Å². The molecule has 1 aromatic heterocycles. The smallest absolute Gasteiger partial charge is 0.398 e. The molecule has 2 atom stereocenters. The quantitative estimate of drug-likeness (QED) is 0.627. The van der Waals surface area contributed by atoms with Gasteiger partial charge >= 0.3 is 6.18 Å². The Morgan fingerprint density at radius 3 is 2.44 bits per heavy atom. The highest BCUT2D eigenvalue weighted by atomic mass is 19.4. The van der Waals surface area contributed by atoms with Crippen LogP contribution in [0.1, 0.15) is 30.0 Å². The first kappa shape index (κ1) is 20.6. The van der Waals surface area contributed by atoms with Crippen LogP contribution in [0, 0.1) is 5.82 Å². The van der Waals surface area contributed by atoms with Crippen molar-refractivity contribution < 1.29 is 27.1 Å². The number of benzene rings is 1. The molecule has 1 aliphatic heterocycles. The Morgan fingerprint density at radius 2 is 1.93 bits per heavy atom. The number of ether oxygens (including phenoxy) is 1. The number of alkyl halides is 3. The third kappa shape index (κ3) is 4.54. The first-order valence-corrected chi connectivity index (χ1v) is 8.08. The number of primary amides is 1. The van der Waals surface area contributed by atoms with E-state index in [0.717, 1.165) is 0 Å². The molecular weight excluding hydrogens is 366 g/mol. The second kappa shape index (κ2) is 8.34. The molecule has 2 heterocycles. The second-order valence-electron chi connectivity index (χ2n) is 6.00. The summed E-state index contributed by atoms with van der Waals surface area (Å²) in [6.07, 6.45) is -4.24. The van der Waals surface area contributed by atoms with Crippen LogP contribution in [-0.4, -0.2) is 30.7 Å². The van der Waals surface area contributed by atoms with Gasteiger partial charge in [-0.05, 0) is 30.3 Å². The Morgan fingerprint density at radius 1 is 1.33 bits per heavy atom. The van der Waals surface area contributed by atoms with E-state index >= 15 is 0 Å². The van der Waals surface area contributed by atoms with Gasteiger partial charge in [0.15, 0.2) is 0 Å². The molecule has 0 fully saturated rings. The van der Waals surface area contributed by atoms with Crippen LogP contribution in [0.2, 0.25) is 0 Å². The lowest BCUT2D eigenvalue weighted by Crippen LogP contribution is -2.29. The van der Waals surface area contributed by atoms with Crippen molar-refractivity contribution in [2.24, 2.45) is 11.5 Å². The molecule has 0 spiro atoms. The molecule has 1 amide bonds. The van der Waals surface area contributed by atoms with Gasteiger partial charge in [-0.15, -0.1) is 0 Å². The second-order valence-corrected chi connectivity index (χ2v) is 6.00. The van der Waals surface area contributed by atoms with Crippen LogP contribution in [0.25, 0.3) is 11.3 Å². The van der Waals surface area contributed by atoms with Gasteiger partial charge in [0.25, 0.3) is 0 Å². The van der Waals surface area contributed by atoms with E-state index < -0.39 is 24.5 Å². The summed E-state index contributed by atoms with van der Waals surface area (Å²) in [5, 5.41) is 0. The number of rotatable bonds is 3. The van der Waals surface area contributed by atoms with E-state index in [9.17, 15) is 17.6 Å². The molecule has 0 saturated carbocycles. The van der Waals surface area contributed by atoms with Gasteiger partial charge in [0, 0.05) is 23.6 Å². The standard InChI is InChI=1S/C17H16F4N2O.CH3NO/c1-9-8-24-16-12(9)6-14(13(7-22)17(19,20)21)23-15(16)10-2-4-11(18)5-3-10;2-1-3/h2-6,9,13H,7-8,22H2,1H3;1H,(H2,2,3). The summed E-state index contributed by atoms with van der Waals surface area (Å²) >= 11 is 0. The first-order valence-electron chi connectivity index (χ1n) is 8.08. The predicted molar refractivity (Wildman–Crippen MR) is 91.6 cm³/mol. The number of nitrogens with two attached hydrogens (primary N) is 2. The van der Waals surface area contributed by atoms with Crippen molar-refractivity contribution in [3.8, 4) is 17.0 Å². The molecule has 1 aliphatic rings. The lowest BCUT2D eigenvalue weighted by molar-refractivity contribution is -0.148. The SMILES string of the molecule is CC1COc2c1cc(C(CN)C(F)(F)F)nc2-c1ccc(F)cc1.NC=O. The van der Waals surface area contributed by atoms with Crippen LogP contribution < -0.4 is 16.2 Å². The number of aromatic nitrogens is 1. The Bertz CT molecular complexity index is 794. The summed E-state index contributed by atoms with van der Waals surface area (Å²) in [5.74, 6) is -1.88. The number of nitrogens with zero attached hydrogens (tertiary/aromatic N) is 1. The van der Waals surface area contributed by atoms with Crippen LogP contribution in [0.4, 0.5) is 17.6 Å². The van der Waals surface area contributed by atoms with Gasteiger partial charge in [0.2, 0.25) is 6.41 Å². The Hall–Kier alpha value is -2.68. The van der Waals surface area contributed by atoms with Crippen LogP contribution in [-0.2, 0) is 4.79 Å². The fourth-order valence-corrected chi connectivity index (χ4v) is 2.79. The summed E-state index contributed by atoms with van der Waals surface area (Å²) in [6, 6.07) is 6.83. The Balaban J connectivity index is 0.000000817. The van der Waals surface area contributed by atoms with Crippen LogP contribution >= 0.6 is 0 Å². The zero-order valence-corrected chi connectivity index (χ0v) is 14.5. The summed E-state index contributed by atoms with van der Waals surface area (Å²) in [7, 11) is 0. The predicted octanol–water partition coefficient (Wildman–Crippen LogP) is 3.09. The average Bonchev–Trinajstić information content (AvgIpc) is 2.96. The zero-order valence-electron chi connectivity index (χ0n) is 14.5. The molecule has 146 valence electrons. The van der Waals surface area contributed by atoms with E-state index in [4.69, 9.17) is 15.3 Å². The highest BCUT2D eigenvalue weighted by Crippen LogP contribution is 2.43. The van der Waals surface area contributed by atoms with Crippen LogP contribution in [0.15, 0.2) is 30.3 Å². The van der Waals surface area contributed by atoms with Crippen molar-refractivity contribution >= 4 is 6.41 Å². The molecule has 4 N–H and O–H groups in total. The fraction of sp³-hybridized carbons (Fsp3) is 0.333. The molecule has 2 aromatic rings. The lowest BCUT2D eigenvalue weighted by atomic mass is 9.95. The minimum absolute atomic E-state index is 0.0485. The van der Waals surface area contributed by atoms with Crippen LogP contribution in [0.5, 0.6) is 5.75 Å². The maximum atomic E-state index is 13.2. The fourth-order valence-electron chi connectivity index (χ4n) is 2.79. The third-order valence-electron chi connectivity index (χ3n) is 4.14. The van der Waals surface area contributed by atoms with Gasteiger partial charge in [-0.2, -0.15) is 13.2 Å². The van der Waals surface area contributed by atoms with Crippen molar-refractivity contribution in [2.75, 3.05) is 13.2 Å². The highest BCUT2D eigenvalue weighted by Gasteiger charge is 2.42. The van der Waals surface area contributed by atoms with Gasteiger partial charge in [0.05, 0.1) is 12.3 Å². The molecule has 3 rings (SSSR count).